The quantitative estimate of drug-likeness (QED) is 0.685. The van der Waals surface area contributed by atoms with Crippen molar-refractivity contribution >= 4 is 17.7 Å². The molecule has 3 heterocycles. The molecule has 2 N–H and O–H groups in total. The molecule has 6 heteroatoms. The average Bonchev–Trinajstić information content (AvgIpc) is 2.73. The summed E-state index contributed by atoms with van der Waals surface area (Å²) in [6, 6.07) is 0.559. The van der Waals surface area contributed by atoms with Crippen LogP contribution >= 0.6 is 0 Å². The van der Waals surface area contributed by atoms with E-state index >= 15 is 0 Å². The summed E-state index contributed by atoms with van der Waals surface area (Å²) in [6.07, 6.45) is 4.93. The summed E-state index contributed by atoms with van der Waals surface area (Å²) in [7, 11) is 0. The maximum absolute atomic E-state index is 12.4. The van der Waals surface area contributed by atoms with Gasteiger partial charge in [-0.25, -0.2) is 0 Å². The molecule has 6 nitrogen and oxygen atoms in total. The lowest BCUT2D eigenvalue weighted by Crippen LogP contribution is -2.58. The van der Waals surface area contributed by atoms with Crippen LogP contribution in [0.1, 0.15) is 39.0 Å². The molecule has 20 heavy (non-hydrogen) atoms. The van der Waals surface area contributed by atoms with E-state index in [9.17, 15) is 14.4 Å². The van der Waals surface area contributed by atoms with Gasteiger partial charge in [-0.3, -0.25) is 19.7 Å². The molecule has 0 saturated carbocycles. The van der Waals surface area contributed by atoms with Gasteiger partial charge < -0.3 is 10.2 Å². The Morgan fingerprint density at radius 3 is 2.55 bits per heavy atom. The molecule has 110 valence electrons. The Labute approximate surface area is 118 Å². The normalized spacial score (nSPS) is 37.0. The van der Waals surface area contributed by atoms with Gasteiger partial charge in [0.05, 0.1) is 0 Å². The van der Waals surface area contributed by atoms with Gasteiger partial charge in [-0.05, 0) is 38.5 Å². The van der Waals surface area contributed by atoms with Crippen LogP contribution in [-0.2, 0) is 14.4 Å². The Balaban J connectivity index is 1.61. The first-order chi connectivity index (χ1) is 9.52. The van der Waals surface area contributed by atoms with Gasteiger partial charge in [0.15, 0.2) is 0 Å². The molecule has 2 bridgehead atoms. The summed E-state index contributed by atoms with van der Waals surface area (Å²) < 4.78 is 0. The van der Waals surface area contributed by atoms with Gasteiger partial charge in [-0.2, -0.15) is 0 Å². The number of piperidine rings is 1. The summed E-state index contributed by atoms with van der Waals surface area (Å²) in [6.45, 7) is 1.68. The molecule has 0 aromatic rings. The van der Waals surface area contributed by atoms with Crippen molar-refractivity contribution in [2.45, 2.75) is 57.2 Å². The van der Waals surface area contributed by atoms with E-state index in [4.69, 9.17) is 0 Å². The van der Waals surface area contributed by atoms with E-state index in [0.29, 0.717) is 24.4 Å². The van der Waals surface area contributed by atoms with Gasteiger partial charge >= 0.3 is 0 Å². The number of hydrogen-bond acceptors (Lipinski definition) is 4. The zero-order valence-electron chi connectivity index (χ0n) is 11.7. The molecule has 0 aliphatic carbocycles. The number of nitrogens with one attached hydrogen (secondary N) is 2. The monoisotopic (exact) mass is 279 g/mol. The van der Waals surface area contributed by atoms with Crippen molar-refractivity contribution in [1.82, 2.24) is 15.5 Å². The second kappa shape index (κ2) is 5.16. The van der Waals surface area contributed by atoms with E-state index in [0.717, 1.165) is 12.8 Å². The number of fused-ring (bicyclic) bond motifs is 2. The molecule has 3 rings (SSSR count). The van der Waals surface area contributed by atoms with E-state index < -0.39 is 6.04 Å². The van der Waals surface area contributed by atoms with Crippen LogP contribution in [0.3, 0.4) is 0 Å². The van der Waals surface area contributed by atoms with Crippen molar-refractivity contribution in [3.63, 3.8) is 0 Å². The van der Waals surface area contributed by atoms with Crippen LogP contribution in [0.4, 0.5) is 0 Å². The molecule has 0 radical (unpaired) electrons. The number of rotatable bonds is 2. The van der Waals surface area contributed by atoms with Crippen molar-refractivity contribution in [3.8, 4) is 0 Å². The first-order valence-electron chi connectivity index (χ1n) is 7.42. The summed E-state index contributed by atoms with van der Waals surface area (Å²) >= 11 is 0. The van der Waals surface area contributed by atoms with Gasteiger partial charge in [-0.1, -0.05) is 0 Å². The zero-order valence-corrected chi connectivity index (χ0v) is 11.7. The molecule has 3 saturated heterocycles. The number of amides is 3. The van der Waals surface area contributed by atoms with Crippen LogP contribution in [-0.4, -0.2) is 47.3 Å². The third kappa shape index (κ3) is 2.57. The Morgan fingerprint density at radius 1 is 1.25 bits per heavy atom. The van der Waals surface area contributed by atoms with E-state index in [1.54, 1.807) is 6.92 Å². The van der Waals surface area contributed by atoms with Gasteiger partial charge in [0.25, 0.3) is 0 Å². The highest BCUT2D eigenvalue weighted by molar-refractivity contribution is 6.04. The maximum Gasteiger partial charge on any atom is 0.249 e. The Morgan fingerprint density at radius 2 is 1.90 bits per heavy atom. The summed E-state index contributed by atoms with van der Waals surface area (Å²) in [5.41, 5.74) is 0. The number of hydrogen-bond donors (Lipinski definition) is 2. The number of carbonyl (C=O) groups is 3. The summed E-state index contributed by atoms with van der Waals surface area (Å²) in [4.78, 5) is 36.8. The number of carbonyl (C=O) groups excluding carboxylic acids is 3. The van der Waals surface area contributed by atoms with E-state index in [1.165, 1.54) is 17.7 Å². The van der Waals surface area contributed by atoms with Gasteiger partial charge in [0.2, 0.25) is 17.7 Å². The van der Waals surface area contributed by atoms with Crippen molar-refractivity contribution < 1.29 is 14.4 Å². The second-order valence-electron chi connectivity index (χ2n) is 6.29. The predicted octanol–water partition coefficient (Wildman–Crippen LogP) is -0.219. The predicted molar refractivity (Wildman–Crippen MR) is 71.6 cm³/mol. The molecule has 3 unspecified atom stereocenters. The van der Waals surface area contributed by atoms with Crippen LogP contribution in [0.15, 0.2) is 0 Å². The Hall–Kier alpha value is -1.43. The Kier molecular flexibility index (Phi) is 3.50. The fourth-order valence-corrected chi connectivity index (χ4v) is 3.72. The lowest BCUT2D eigenvalue weighted by Gasteiger charge is -2.34. The molecule has 3 atom stereocenters. The highest BCUT2D eigenvalue weighted by atomic mass is 16.2. The van der Waals surface area contributed by atoms with Crippen molar-refractivity contribution in [2.75, 3.05) is 6.54 Å². The third-order valence-corrected chi connectivity index (χ3v) is 4.78. The minimum Gasteiger partial charge on any atom is -0.322 e. The minimum atomic E-state index is -0.543. The molecule has 3 amide bonds. The van der Waals surface area contributed by atoms with Crippen molar-refractivity contribution in [2.24, 2.45) is 5.92 Å². The SMILES string of the molecule is CC1C(=O)NC(=O)CN1C(=O)CC1CC2CCC(C1)N2. The number of piperazine rings is 1. The molecule has 0 aromatic carbocycles. The highest BCUT2D eigenvalue weighted by Gasteiger charge is 2.37. The fraction of sp³-hybridized carbons (Fsp3) is 0.786. The van der Waals surface area contributed by atoms with Crippen LogP contribution in [0.2, 0.25) is 0 Å². The van der Waals surface area contributed by atoms with E-state index in [2.05, 4.69) is 10.6 Å². The second-order valence-corrected chi connectivity index (χ2v) is 6.29. The molecular weight excluding hydrogens is 258 g/mol. The highest BCUT2D eigenvalue weighted by Crippen LogP contribution is 2.33. The van der Waals surface area contributed by atoms with Gasteiger partial charge in [0.1, 0.15) is 12.6 Å². The lowest BCUT2D eigenvalue weighted by molar-refractivity contribution is -0.150. The molecule has 0 aromatic heterocycles. The number of imide groups is 1. The van der Waals surface area contributed by atoms with Crippen molar-refractivity contribution in [3.05, 3.63) is 0 Å². The summed E-state index contributed by atoms with van der Waals surface area (Å²) in [5.74, 6) is -0.438. The Bertz CT molecular complexity index is 439. The maximum atomic E-state index is 12.4. The fourth-order valence-electron chi connectivity index (χ4n) is 3.72. The van der Waals surface area contributed by atoms with Gasteiger partial charge in [0, 0.05) is 18.5 Å². The zero-order chi connectivity index (χ0) is 14.3. The lowest BCUT2D eigenvalue weighted by atomic mass is 9.89. The topological polar surface area (TPSA) is 78.5 Å². The van der Waals surface area contributed by atoms with Gasteiger partial charge in [-0.15, -0.1) is 0 Å². The molecule has 3 aliphatic heterocycles. The smallest absolute Gasteiger partial charge is 0.249 e. The van der Waals surface area contributed by atoms with Crippen LogP contribution < -0.4 is 10.6 Å². The van der Waals surface area contributed by atoms with Crippen LogP contribution in [0.25, 0.3) is 0 Å². The minimum absolute atomic E-state index is 0.00354. The summed E-state index contributed by atoms with van der Waals surface area (Å²) in [5, 5.41) is 5.81. The molecule has 3 aliphatic rings. The van der Waals surface area contributed by atoms with Crippen molar-refractivity contribution in [1.29, 1.82) is 0 Å². The molecular formula is C14H21N3O3. The average molecular weight is 279 g/mol. The molecule has 3 fully saturated rings. The van der Waals surface area contributed by atoms with E-state index in [1.807, 2.05) is 0 Å². The standard InChI is InChI=1S/C14H21N3O3/c1-8-14(20)16-12(18)7-17(8)13(19)6-9-4-10-2-3-11(5-9)15-10/h8-11,15H,2-7H2,1H3,(H,16,18,20). The largest absolute Gasteiger partial charge is 0.322 e. The third-order valence-electron chi connectivity index (χ3n) is 4.78. The van der Waals surface area contributed by atoms with E-state index in [-0.39, 0.29) is 24.3 Å². The number of nitrogens with zero attached hydrogens (tertiary/aromatic N) is 1. The van der Waals surface area contributed by atoms with Crippen LogP contribution in [0, 0.1) is 5.92 Å². The first-order valence-corrected chi connectivity index (χ1v) is 7.42. The first kappa shape index (κ1) is 13.5. The van der Waals surface area contributed by atoms with Crippen LogP contribution in [0.5, 0.6) is 0 Å². The molecule has 0 spiro atoms.